The molecular weight excluding hydrogens is 304 g/mol. The number of benzene rings is 1. The van der Waals surface area contributed by atoms with Crippen molar-refractivity contribution in [2.24, 2.45) is 17.3 Å². The van der Waals surface area contributed by atoms with Gasteiger partial charge in [0.25, 0.3) is 0 Å². The minimum absolute atomic E-state index is 0.0238. The molecule has 2 bridgehead atoms. The number of hydrogen-bond acceptors (Lipinski definition) is 3. The van der Waals surface area contributed by atoms with E-state index in [-0.39, 0.29) is 29.5 Å². The largest absolute Gasteiger partial charge is 0.444 e. The molecule has 1 aromatic rings. The van der Waals surface area contributed by atoms with Gasteiger partial charge in [0.2, 0.25) is 5.91 Å². The molecule has 5 nitrogen and oxygen atoms in total. The van der Waals surface area contributed by atoms with Gasteiger partial charge in [0, 0.05) is 12.5 Å². The van der Waals surface area contributed by atoms with Gasteiger partial charge in [0.05, 0.1) is 17.5 Å². The quantitative estimate of drug-likeness (QED) is 0.928. The fourth-order valence-corrected chi connectivity index (χ4v) is 4.40. The van der Waals surface area contributed by atoms with Crippen LogP contribution in [0.1, 0.15) is 39.3 Å². The number of nitrogens with one attached hydrogen (secondary N) is 1. The first-order chi connectivity index (χ1) is 11.3. The van der Waals surface area contributed by atoms with Crippen molar-refractivity contribution in [2.75, 3.05) is 6.54 Å². The molecule has 5 heteroatoms. The van der Waals surface area contributed by atoms with Crippen molar-refractivity contribution in [2.45, 2.75) is 45.4 Å². The fourth-order valence-electron chi connectivity index (χ4n) is 4.40. The molecule has 2 heterocycles. The Morgan fingerprint density at radius 1 is 1.29 bits per heavy atom. The van der Waals surface area contributed by atoms with Gasteiger partial charge in [-0.2, -0.15) is 0 Å². The molecule has 4 fully saturated rings. The van der Waals surface area contributed by atoms with E-state index in [1.165, 1.54) is 0 Å². The summed E-state index contributed by atoms with van der Waals surface area (Å²) in [6.07, 6.45) is -0.289. The smallest absolute Gasteiger partial charge is 0.410 e. The molecule has 0 spiro atoms. The number of fused-ring (bicyclic) bond motifs is 1. The summed E-state index contributed by atoms with van der Waals surface area (Å²) in [6.45, 7) is 8.24. The van der Waals surface area contributed by atoms with Crippen molar-refractivity contribution < 1.29 is 14.3 Å². The topological polar surface area (TPSA) is 58.6 Å². The van der Waals surface area contributed by atoms with Gasteiger partial charge in [-0.1, -0.05) is 30.3 Å². The number of carbonyl (C=O) groups is 2. The highest BCUT2D eigenvalue weighted by atomic mass is 16.6. The van der Waals surface area contributed by atoms with E-state index in [0.717, 1.165) is 5.56 Å². The molecule has 24 heavy (non-hydrogen) atoms. The van der Waals surface area contributed by atoms with Crippen LogP contribution in [-0.4, -0.2) is 35.1 Å². The molecule has 1 aromatic carbocycles. The summed E-state index contributed by atoms with van der Waals surface area (Å²) in [7, 11) is 0. The van der Waals surface area contributed by atoms with Crippen molar-refractivity contribution in [3.63, 3.8) is 0 Å². The van der Waals surface area contributed by atoms with E-state index < -0.39 is 5.60 Å². The average Bonchev–Trinajstić information content (AvgIpc) is 3.24. The van der Waals surface area contributed by atoms with Crippen LogP contribution in [-0.2, 0) is 9.53 Å². The normalized spacial score (nSPS) is 33.5. The second kappa shape index (κ2) is 4.74. The first-order valence-corrected chi connectivity index (χ1v) is 8.62. The van der Waals surface area contributed by atoms with Gasteiger partial charge in [0.15, 0.2) is 0 Å². The Balaban J connectivity index is 1.40. The van der Waals surface area contributed by atoms with E-state index in [1.807, 2.05) is 58.0 Å². The molecule has 2 saturated carbocycles. The highest BCUT2D eigenvalue weighted by Gasteiger charge is 2.96. The van der Waals surface area contributed by atoms with Gasteiger partial charge in [-0.05, 0) is 39.2 Å². The van der Waals surface area contributed by atoms with E-state index in [2.05, 4.69) is 5.32 Å². The number of ether oxygens (including phenoxy) is 1. The Labute approximate surface area is 142 Å². The van der Waals surface area contributed by atoms with Crippen LogP contribution in [0.4, 0.5) is 4.79 Å². The van der Waals surface area contributed by atoms with Gasteiger partial charge in [-0.25, -0.2) is 4.79 Å². The molecular formula is C19H24N2O3. The number of amides is 2. The molecule has 4 aliphatic rings. The zero-order valence-corrected chi connectivity index (χ0v) is 14.6. The maximum Gasteiger partial charge on any atom is 0.410 e. The van der Waals surface area contributed by atoms with E-state index in [1.54, 1.807) is 4.90 Å². The van der Waals surface area contributed by atoms with Crippen molar-refractivity contribution in [3.8, 4) is 0 Å². The van der Waals surface area contributed by atoms with Crippen molar-refractivity contribution in [1.29, 1.82) is 0 Å². The van der Waals surface area contributed by atoms with Crippen LogP contribution in [0.5, 0.6) is 0 Å². The summed E-state index contributed by atoms with van der Waals surface area (Å²) in [5, 5.41) is 3.13. The SMILES string of the molecule is C[C@H](NC(=O)[C@@]12C3[C@H]1[C@H]2CN3C(=O)OC(C)(C)C)c1ccccc1. The van der Waals surface area contributed by atoms with Crippen LogP contribution in [0.15, 0.2) is 30.3 Å². The lowest BCUT2D eigenvalue weighted by Crippen LogP contribution is -2.38. The van der Waals surface area contributed by atoms with Crippen molar-refractivity contribution in [3.05, 3.63) is 35.9 Å². The van der Waals surface area contributed by atoms with E-state index in [9.17, 15) is 9.59 Å². The summed E-state index contributed by atoms with van der Waals surface area (Å²) in [5.74, 6) is 0.746. The maximum atomic E-state index is 12.8. The van der Waals surface area contributed by atoms with Crippen LogP contribution < -0.4 is 5.32 Å². The maximum absolute atomic E-state index is 12.8. The lowest BCUT2D eigenvalue weighted by molar-refractivity contribution is -0.125. The molecule has 0 radical (unpaired) electrons. The second-order valence-corrected chi connectivity index (χ2v) is 8.25. The van der Waals surface area contributed by atoms with Gasteiger partial charge in [0.1, 0.15) is 5.60 Å². The van der Waals surface area contributed by atoms with Crippen LogP contribution in [0, 0.1) is 17.3 Å². The zero-order chi connectivity index (χ0) is 17.3. The minimum atomic E-state index is -0.503. The van der Waals surface area contributed by atoms with Crippen LogP contribution in [0.25, 0.3) is 0 Å². The molecule has 5 rings (SSSR count). The number of nitrogens with zero attached hydrogens (tertiary/aromatic N) is 1. The predicted molar refractivity (Wildman–Crippen MR) is 89.1 cm³/mol. The molecule has 128 valence electrons. The number of piperidine rings is 1. The van der Waals surface area contributed by atoms with E-state index >= 15 is 0 Å². The molecule has 2 aliphatic carbocycles. The summed E-state index contributed by atoms with van der Waals surface area (Å²) in [6, 6.07) is 9.96. The summed E-state index contributed by atoms with van der Waals surface area (Å²) in [5.41, 5.74) is 0.257. The van der Waals surface area contributed by atoms with Crippen LogP contribution >= 0.6 is 0 Å². The third kappa shape index (κ3) is 2.06. The number of rotatable bonds is 3. The minimum Gasteiger partial charge on any atom is -0.444 e. The second-order valence-electron chi connectivity index (χ2n) is 8.25. The van der Waals surface area contributed by atoms with Gasteiger partial charge < -0.3 is 15.0 Å². The predicted octanol–water partition coefficient (Wildman–Crippen LogP) is 2.73. The molecule has 5 atom stereocenters. The molecule has 1 N–H and O–H groups in total. The summed E-state index contributed by atoms with van der Waals surface area (Å²) in [4.78, 5) is 26.8. The van der Waals surface area contributed by atoms with E-state index in [4.69, 9.17) is 4.74 Å². The lowest BCUT2D eigenvalue weighted by Gasteiger charge is -2.24. The Morgan fingerprint density at radius 2 is 1.96 bits per heavy atom. The van der Waals surface area contributed by atoms with Crippen LogP contribution in [0.2, 0.25) is 0 Å². The zero-order valence-electron chi connectivity index (χ0n) is 14.6. The third-order valence-electron chi connectivity index (χ3n) is 5.61. The highest BCUT2D eigenvalue weighted by molar-refractivity contribution is 5.96. The van der Waals surface area contributed by atoms with Crippen molar-refractivity contribution in [1.82, 2.24) is 10.2 Å². The molecule has 2 aliphatic heterocycles. The monoisotopic (exact) mass is 328 g/mol. The standard InChI is InChI=1S/C19H24N2O3/c1-11(12-8-6-5-7-9-12)20-16(22)19-13-10-21(15(19)14(13)19)17(23)24-18(2,3)4/h5-9,11,13-15H,10H2,1-4H3,(H,20,22)/t11-,13+,14+,15?,19+/m0/s1. The molecule has 2 saturated heterocycles. The Morgan fingerprint density at radius 3 is 2.54 bits per heavy atom. The van der Waals surface area contributed by atoms with Crippen LogP contribution in [0.3, 0.4) is 0 Å². The van der Waals surface area contributed by atoms with Gasteiger partial charge in [-0.15, -0.1) is 0 Å². The first-order valence-electron chi connectivity index (χ1n) is 8.62. The Hall–Kier alpha value is -2.04. The Bertz CT molecular complexity index is 690. The summed E-state index contributed by atoms with van der Waals surface area (Å²) >= 11 is 0. The molecule has 0 aromatic heterocycles. The van der Waals surface area contributed by atoms with E-state index in [0.29, 0.717) is 18.4 Å². The van der Waals surface area contributed by atoms with Gasteiger partial charge >= 0.3 is 6.09 Å². The fraction of sp³-hybridized carbons (Fsp3) is 0.579. The number of hydrogen-bond donors (Lipinski definition) is 1. The van der Waals surface area contributed by atoms with Gasteiger partial charge in [-0.3, -0.25) is 4.79 Å². The van der Waals surface area contributed by atoms with Crippen molar-refractivity contribution >= 4 is 12.0 Å². The summed E-state index contributed by atoms with van der Waals surface area (Å²) < 4.78 is 5.46. The molecule has 2 amide bonds. The molecule has 1 unspecified atom stereocenters. The lowest BCUT2D eigenvalue weighted by atomic mass is 10.0. The first kappa shape index (κ1) is 15.5. The highest BCUT2D eigenvalue weighted by Crippen LogP contribution is 2.85. The average molecular weight is 328 g/mol. The Kier molecular flexibility index (Phi) is 3.06. The number of carbonyl (C=O) groups excluding carboxylic acids is 2. The third-order valence-corrected chi connectivity index (χ3v) is 5.61.